The predicted molar refractivity (Wildman–Crippen MR) is 66.3 cm³/mol. The van der Waals surface area contributed by atoms with E-state index in [9.17, 15) is 10.1 Å². The summed E-state index contributed by atoms with van der Waals surface area (Å²) in [4.78, 5) is 10.4. The molecule has 1 heterocycles. The second kappa shape index (κ2) is 4.76. The molecule has 17 heavy (non-hydrogen) atoms. The molecule has 1 aromatic carbocycles. The molecule has 0 aliphatic carbocycles. The Morgan fingerprint density at radius 1 is 1.47 bits per heavy atom. The quantitative estimate of drug-likeness (QED) is 0.642. The maximum Gasteiger partial charge on any atom is 0.311 e. The largest absolute Gasteiger partial charge is 0.490 e. The van der Waals surface area contributed by atoms with Crippen LogP contribution in [0.15, 0.2) is 22.1 Å². The molecule has 0 bridgehead atoms. The van der Waals surface area contributed by atoms with Gasteiger partial charge in [-0.05, 0) is 22.0 Å². The van der Waals surface area contributed by atoms with Crippen molar-refractivity contribution in [2.75, 3.05) is 7.11 Å². The number of ether oxygens (including phenoxy) is 1. The average Bonchev–Trinajstić information content (AvgIpc) is 2.74. The molecule has 0 saturated carbocycles. The second-order valence-corrected chi connectivity index (χ2v) is 5.23. The van der Waals surface area contributed by atoms with Gasteiger partial charge in [0.2, 0.25) is 5.75 Å². The van der Waals surface area contributed by atoms with Crippen LogP contribution in [0.3, 0.4) is 0 Å². The van der Waals surface area contributed by atoms with Crippen LogP contribution in [0.4, 0.5) is 5.69 Å². The lowest BCUT2D eigenvalue weighted by atomic mass is 10.2. The minimum absolute atomic E-state index is 0.0867. The first-order valence-electron chi connectivity index (χ1n) is 4.44. The highest BCUT2D eigenvalue weighted by Crippen LogP contribution is 2.39. The summed E-state index contributed by atoms with van der Waals surface area (Å²) >= 11 is 4.48. The number of para-hydroxylation sites is 1. The Morgan fingerprint density at radius 3 is 2.76 bits per heavy atom. The van der Waals surface area contributed by atoms with Gasteiger partial charge >= 0.3 is 5.69 Å². The van der Waals surface area contributed by atoms with Crippen molar-refractivity contribution in [3.8, 4) is 16.3 Å². The van der Waals surface area contributed by atoms with Crippen LogP contribution >= 0.6 is 27.3 Å². The third-order valence-corrected chi connectivity index (χ3v) is 3.42. The maximum atomic E-state index is 10.9. The molecule has 0 amide bonds. The predicted octanol–water partition coefficient (Wildman–Crippen LogP) is 2.88. The van der Waals surface area contributed by atoms with E-state index in [1.807, 2.05) is 0 Å². The van der Waals surface area contributed by atoms with Crippen LogP contribution < -0.4 is 4.74 Å². The van der Waals surface area contributed by atoms with Crippen molar-refractivity contribution >= 4 is 33.0 Å². The lowest BCUT2D eigenvalue weighted by Crippen LogP contribution is -1.95. The summed E-state index contributed by atoms with van der Waals surface area (Å²) in [6.45, 7) is 0. The van der Waals surface area contributed by atoms with Crippen molar-refractivity contribution in [2.45, 2.75) is 0 Å². The van der Waals surface area contributed by atoms with E-state index in [0.29, 0.717) is 14.5 Å². The van der Waals surface area contributed by atoms with Crippen molar-refractivity contribution in [3.63, 3.8) is 0 Å². The summed E-state index contributed by atoms with van der Waals surface area (Å²) < 4.78 is 5.70. The molecule has 8 heteroatoms. The minimum atomic E-state index is -0.488. The first-order valence-corrected chi connectivity index (χ1v) is 6.05. The highest BCUT2D eigenvalue weighted by molar-refractivity contribution is 9.11. The van der Waals surface area contributed by atoms with Gasteiger partial charge in [-0.2, -0.15) is 0 Å². The first kappa shape index (κ1) is 11.9. The van der Waals surface area contributed by atoms with Crippen LogP contribution in [0.5, 0.6) is 5.75 Å². The summed E-state index contributed by atoms with van der Waals surface area (Å²) in [5.74, 6) is 0.196. The van der Waals surface area contributed by atoms with Gasteiger partial charge in [-0.15, -0.1) is 10.2 Å². The topological polar surface area (TPSA) is 78.2 Å². The summed E-state index contributed by atoms with van der Waals surface area (Å²) in [5.41, 5.74) is 0.473. The fourth-order valence-electron chi connectivity index (χ4n) is 1.37. The zero-order valence-electron chi connectivity index (χ0n) is 8.58. The van der Waals surface area contributed by atoms with E-state index in [0.717, 1.165) is 0 Å². The van der Waals surface area contributed by atoms with Gasteiger partial charge in [-0.3, -0.25) is 10.1 Å². The lowest BCUT2D eigenvalue weighted by Gasteiger charge is -2.05. The SMILES string of the molecule is COc1c(-c2nnc(Br)s2)cccc1[N+](=O)[O-]. The zero-order chi connectivity index (χ0) is 12.4. The molecule has 2 aromatic rings. The van der Waals surface area contributed by atoms with Crippen molar-refractivity contribution < 1.29 is 9.66 Å². The Balaban J connectivity index is 2.61. The second-order valence-electron chi connectivity index (χ2n) is 2.98. The number of nitro benzene ring substituents is 1. The van der Waals surface area contributed by atoms with Gasteiger partial charge in [0.15, 0.2) is 8.92 Å². The number of aromatic nitrogens is 2. The van der Waals surface area contributed by atoms with Gasteiger partial charge in [0.25, 0.3) is 0 Å². The number of halogens is 1. The fraction of sp³-hybridized carbons (Fsp3) is 0.111. The molecular formula is C9H6BrN3O3S. The fourth-order valence-corrected chi connectivity index (χ4v) is 2.50. The number of benzene rings is 1. The van der Waals surface area contributed by atoms with Crippen LogP contribution in [0.1, 0.15) is 0 Å². The molecule has 0 spiro atoms. The molecule has 0 unspecified atom stereocenters. The number of nitrogens with zero attached hydrogens (tertiary/aromatic N) is 3. The number of methoxy groups -OCH3 is 1. The number of nitro groups is 1. The Kier molecular flexibility index (Phi) is 3.34. The molecule has 0 atom stereocenters. The van der Waals surface area contributed by atoms with Crippen LogP contribution in [0, 0.1) is 10.1 Å². The van der Waals surface area contributed by atoms with Gasteiger partial charge in [0, 0.05) is 6.07 Å². The molecule has 2 rings (SSSR count). The standard InChI is InChI=1S/C9H6BrN3O3S/c1-16-7-5(8-11-12-9(10)17-8)3-2-4-6(7)13(14)15/h2-4H,1H3. The molecular weight excluding hydrogens is 310 g/mol. The third kappa shape index (κ3) is 2.27. The van der Waals surface area contributed by atoms with Gasteiger partial charge in [0.1, 0.15) is 0 Å². The molecule has 0 N–H and O–H groups in total. The van der Waals surface area contributed by atoms with E-state index in [-0.39, 0.29) is 11.4 Å². The third-order valence-electron chi connectivity index (χ3n) is 2.03. The van der Waals surface area contributed by atoms with Gasteiger partial charge < -0.3 is 4.74 Å². The average molecular weight is 316 g/mol. The Hall–Kier alpha value is -1.54. The maximum absolute atomic E-state index is 10.9. The van der Waals surface area contributed by atoms with Crippen molar-refractivity contribution in [1.29, 1.82) is 0 Å². The highest BCUT2D eigenvalue weighted by atomic mass is 79.9. The smallest absolute Gasteiger partial charge is 0.311 e. The van der Waals surface area contributed by atoms with Gasteiger partial charge in [-0.1, -0.05) is 17.4 Å². The summed E-state index contributed by atoms with van der Waals surface area (Å²) in [5, 5.41) is 19.1. The van der Waals surface area contributed by atoms with E-state index in [1.165, 1.54) is 24.5 Å². The molecule has 88 valence electrons. The molecule has 0 radical (unpaired) electrons. The number of rotatable bonds is 3. The van der Waals surface area contributed by atoms with Crippen molar-refractivity contribution in [1.82, 2.24) is 10.2 Å². The highest BCUT2D eigenvalue weighted by Gasteiger charge is 2.21. The van der Waals surface area contributed by atoms with Crippen molar-refractivity contribution in [3.05, 3.63) is 32.2 Å². The van der Waals surface area contributed by atoms with Crippen LogP contribution in [-0.2, 0) is 0 Å². The van der Waals surface area contributed by atoms with E-state index in [1.54, 1.807) is 12.1 Å². The number of hydrogen-bond donors (Lipinski definition) is 0. The Labute approximate surface area is 109 Å². The van der Waals surface area contributed by atoms with E-state index in [2.05, 4.69) is 26.1 Å². The van der Waals surface area contributed by atoms with Gasteiger partial charge in [0.05, 0.1) is 17.6 Å². The monoisotopic (exact) mass is 315 g/mol. The Bertz CT molecular complexity index is 572. The molecule has 6 nitrogen and oxygen atoms in total. The molecule has 0 aliphatic rings. The van der Waals surface area contributed by atoms with Crippen LogP contribution in [-0.4, -0.2) is 22.2 Å². The molecule has 0 saturated heterocycles. The minimum Gasteiger partial charge on any atom is -0.490 e. The Morgan fingerprint density at radius 2 is 2.24 bits per heavy atom. The normalized spacial score (nSPS) is 10.2. The van der Waals surface area contributed by atoms with Crippen molar-refractivity contribution in [2.24, 2.45) is 0 Å². The first-order chi connectivity index (χ1) is 8.13. The van der Waals surface area contributed by atoms with E-state index < -0.39 is 4.92 Å². The summed E-state index contributed by atoms with van der Waals surface area (Å²) in [6, 6.07) is 4.68. The lowest BCUT2D eigenvalue weighted by molar-refractivity contribution is -0.385. The molecule has 1 aromatic heterocycles. The zero-order valence-corrected chi connectivity index (χ0v) is 11.0. The van der Waals surface area contributed by atoms with Crippen LogP contribution in [0.25, 0.3) is 10.6 Å². The molecule has 0 fully saturated rings. The summed E-state index contributed by atoms with van der Waals surface area (Å²) in [7, 11) is 1.39. The summed E-state index contributed by atoms with van der Waals surface area (Å²) in [6.07, 6.45) is 0. The van der Waals surface area contributed by atoms with Crippen LogP contribution in [0.2, 0.25) is 0 Å². The van der Waals surface area contributed by atoms with E-state index >= 15 is 0 Å². The van der Waals surface area contributed by atoms with E-state index in [4.69, 9.17) is 4.74 Å². The number of hydrogen-bond acceptors (Lipinski definition) is 6. The van der Waals surface area contributed by atoms with Gasteiger partial charge in [-0.25, -0.2) is 0 Å². The molecule has 0 aliphatic heterocycles.